The quantitative estimate of drug-likeness (QED) is 0.344. The van der Waals surface area contributed by atoms with Gasteiger partial charge in [0.1, 0.15) is 5.78 Å². The molecular weight excluding hydrogens is 171 g/mol. The molecule has 0 rings (SSSR count). The maximum absolute atomic E-state index is 10.3. The zero-order valence-corrected chi connectivity index (χ0v) is 6.93. The van der Waals surface area contributed by atoms with Gasteiger partial charge < -0.3 is 9.59 Å². The third-order valence-electron chi connectivity index (χ3n) is 0.677. The van der Waals surface area contributed by atoms with Gasteiger partial charge in [-0.15, -0.1) is 0 Å². The standard InChI is InChI=1S/C6H7O3.V/c1-5(8)4-6(9)2-3-7;/h2-3H,4H2,1H3;/q-1;+2. The van der Waals surface area contributed by atoms with Crippen LogP contribution in [0.2, 0.25) is 0 Å². The summed E-state index contributed by atoms with van der Waals surface area (Å²) >= 11 is 0. The normalized spacial score (nSPS) is 7.30. The summed E-state index contributed by atoms with van der Waals surface area (Å²) in [4.78, 5) is 30.1. The van der Waals surface area contributed by atoms with Gasteiger partial charge in [0, 0.05) is 12.2 Å². The topological polar surface area (TPSA) is 51.2 Å². The van der Waals surface area contributed by atoms with Crippen LogP contribution in [0, 0.1) is 6.42 Å². The van der Waals surface area contributed by atoms with Crippen molar-refractivity contribution in [2.75, 3.05) is 0 Å². The van der Waals surface area contributed by atoms with Crippen molar-refractivity contribution in [2.24, 2.45) is 0 Å². The molecule has 3 nitrogen and oxygen atoms in total. The molecule has 0 aliphatic heterocycles. The molecule has 0 atom stereocenters. The Morgan fingerprint density at radius 3 is 2.30 bits per heavy atom. The van der Waals surface area contributed by atoms with Crippen molar-refractivity contribution < 1.29 is 32.9 Å². The van der Waals surface area contributed by atoms with E-state index in [2.05, 4.69) is 0 Å². The van der Waals surface area contributed by atoms with E-state index in [-0.39, 0.29) is 30.8 Å². The van der Waals surface area contributed by atoms with Crippen LogP contribution in [-0.4, -0.2) is 17.9 Å². The molecule has 0 aromatic rings. The predicted octanol–water partition coefficient (Wildman–Crippen LogP) is -0.0647. The average Bonchev–Trinajstić information content (AvgIpc) is 1.63. The van der Waals surface area contributed by atoms with Crippen LogP contribution in [0.5, 0.6) is 0 Å². The fourth-order valence-electron chi connectivity index (χ4n) is 0.380. The van der Waals surface area contributed by atoms with E-state index in [1.165, 1.54) is 6.92 Å². The molecule has 1 radical (unpaired) electrons. The van der Waals surface area contributed by atoms with Crippen molar-refractivity contribution in [3.8, 4) is 0 Å². The molecule has 53 valence electrons. The van der Waals surface area contributed by atoms with Crippen molar-refractivity contribution in [1.82, 2.24) is 0 Å². The first-order valence-corrected chi connectivity index (χ1v) is 2.47. The summed E-state index contributed by atoms with van der Waals surface area (Å²) in [5, 5.41) is 0. The van der Waals surface area contributed by atoms with Gasteiger partial charge in [-0.25, -0.2) is 0 Å². The average molecular weight is 178 g/mol. The van der Waals surface area contributed by atoms with Crippen LogP contribution in [-0.2, 0) is 32.9 Å². The minimum Gasteiger partial charge on any atom is -0.338 e. The molecule has 0 unspecified atom stereocenters. The second kappa shape index (κ2) is 6.58. The maximum Gasteiger partial charge on any atom is 2.00 e. The van der Waals surface area contributed by atoms with Gasteiger partial charge in [0.25, 0.3) is 0 Å². The van der Waals surface area contributed by atoms with E-state index in [0.717, 1.165) is 6.42 Å². The van der Waals surface area contributed by atoms with Crippen LogP contribution < -0.4 is 0 Å². The molecule has 0 spiro atoms. The number of ketones is 2. The molecule has 0 N–H and O–H groups in total. The number of Topliss-reactive ketones (excluding diaryl/α,β-unsaturated/α-hetero) is 2. The summed E-state index contributed by atoms with van der Waals surface area (Å²) in [7, 11) is 0. The summed E-state index contributed by atoms with van der Waals surface area (Å²) in [5.41, 5.74) is 0. The predicted molar refractivity (Wildman–Crippen MR) is 30.7 cm³/mol. The molecule has 0 aliphatic rings. The smallest absolute Gasteiger partial charge is 0.338 e. The molecule has 0 aromatic carbocycles. The molecule has 0 bridgehead atoms. The van der Waals surface area contributed by atoms with Gasteiger partial charge in [0.2, 0.25) is 0 Å². The van der Waals surface area contributed by atoms with Crippen molar-refractivity contribution in [2.45, 2.75) is 13.3 Å². The van der Waals surface area contributed by atoms with Crippen molar-refractivity contribution in [3.05, 3.63) is 6.42 Å². The first-order valence-electron chi connectivity index (χ1n) is 2.47. The Kier molecular flexibility index (Phi) is 8.01. The third kappa shape index (κ3) is 7.46. The molecule has 10 heavy (non-hydrogen) atoms. The zero-order chi connectivity index (χ0) is 7.28. The van der Waals surface area contributed by atoms with E-state index in [0.29, 0.717) is 6.29 Å². The van der Waals surface area contributed by atoms with Gasteiger partial charge in [-0.1, -0.05) is 0 Å². The third-order valence-corrected chi connectivity index (χ3v) is 0.677. The van der Waals surface area contributed by atoms with Crippen LogP contribution in [0.4, 0.5) is 0 Å². The Balaban J connectivity index is 0. The van der Waals surface area contributed by atoms with Gasteiger partial charge in [-0.05, 0) is 13.2 Å². The Morgan fingerprint density at radius 2 is 2.00 bits per heavy atom. The summed E-state index contributed by atoms with van der Waals surface area (Å²) < 4.78 is 0. The van der Waals surface area contributed by atoms with Crippen LogP contribution in [0.25, 0.3) is 0 Å². The Hall–Kier alpha value is -0.536. The molecule has 0 aliphatic carbocycles. The van der Waals surface area contributed by atoms with Crippen LogP contribution in [0.1, 0.15) is 13.3 Å². The molecule has 0 amide bonds. The molecule has 0 heterocycles. The van der Waals surface area contributed by atoms with Gasteiger partial charge in [-0.2, -0.15) is 0 Å². The number of hydrogen-bond donors (Lipinski definition) is 0. The second-order valence-corrected chi connectivity index (χ2v) is 1.65. The summed E-state index contributed by atoms with van der Waals surface area (Å²) in [5.74, 6) is -0.657. The van der Waals surface area contributed by atoms with Crippen molar-refractivity contribution in [3.63, 3.8) is 0 Å². The van der Waals surface area contributed by atoms with Crippen molar-refractivity contribution >= 4 is 17.9 Å². The SMILES string of the molecule is CC(=O)CC(=O)[CH-]C=O.[V+2]. The van der Waals surface area contributed by atoms with Gasteiger partial charge >= 0.3 is 18.6 Å². The Bertz CT molecular complexity index is 142. The number of carbonyl (C=O) groups excluding carboxylic acids is 3. The largest absolute Gasteiger partial charge is 2.00 e. The Labute approximate surface area is 71.1 Å². The van der Waals surface area contributed by atoms with E-state index in [1.807, 2.05) is 0 Å². The minimum atomic E-state index is -0.433. The number of aldehydes is 1. The van der Waals surface area contributed by atoms with E-state index >= 15 is 0 Å². The van der Waals surface area contributed by atoms with Gasteiger partial charge in [0.15, 0.2) is 0 Å². The first kappa shape index (κ1) is 12.2. The molecule has 0 fully saturated rings. The second-order valence-electron chi connectivity index (χ2n) is 1.65. The van der Waals surface area contributed by atoms with Gasteiger partial charge in [0.05, 0.1) is 0 Å². The number of carbonyl (C=O) groups is 3. The number of hydrogen-bond acceptors (Lipinski definition) is 3. The van der Waals surface area contributed by atoms with Crippen LogP contribution in [0.3, 0.4) is 0 Å². The molecule has 0 aromatic heterocycles. The molecule has 0 saturated carbocycles. The van der Waals surface area contributed by atoms with E-state index in [9.17, 15) is 14.4 Å². The first-order chi connectivity index (χ1) is 4.16. The van der Waals surface area contributed by atoms with E-state index in [4.69, 9.17) is 0 Å². The van der Waals surface area contributed by atoms with Crippen LogP contribution >= 0.6 is 0 Å². The van der Waals surface area contributed by atoms with Crippen LogP contribution in [0.15, 0.2) is 0 Å². The summed E-state index contributed by atoms with van der Waals surface area (Å²) in [6.07, 6.45) is 1.06. The monoisotopic (exact) mass is 178 g/mol. The summed E-state index contributed by atoms with van der Waals surface area (Å²) in [6.45, 7) is 1.30. The minimum absolute atomic E-state index is 0. The Morgan fingerprint density at radius 1 is 1.50 bits per heavy atom. The molecule has 0 saturated heterocycles. The van der Waals surface area contributed by atoms with E-state index < -0.39 is 5.78 Å². The molecular formula is C6H7O3V+. The zero-order valence-electron chi connectivity index (χ0n) is 5.53. The van der Waals surface area contributed by atoms with Gasteiger partial charge in [-0.3, -0.25) is 11.2 Å². The van der Waals surface area contributed by atoms with E-state index in [1.54, 1.807) is 0 Å². The maximum atomic E-state index is 10.3. The fraction of sp³-hybridized carbons (Fsp3) is 0.333. The number of rotatable bonds is 4. The molecule has 4 heteroatoms. The van der Waals surface area contributed by atoms with Crippen molar-refractivity contribution in [1.29, 1.82) is 0 Å². The summed E-state index contributed by atoms with van der Waals surface area (Å²) in [6, 6.07) is 0. The fourth-order valence-corrected chi connectivity index (χ4v) is 0.380.